The van der Waals surface area contributed by atoms with Gasteiger partial charge in [0.1, 0.15) is 34.7 Å². The number of benzene rings is 2. The quantitative estimate of drug-likeness (QED) is 0.453. The standard InChI is InChI=1S/C24H26F3N3O2S/c1-13(16-5-4-6-17(22(16)25)23(26)27)28-24-19-11-18(15-7-9-33(31)10-8-15)21(32-3)12-20(19)29-14(2)30-24/h4-6,11-13,15,23H,7-10H2,1-3H3,(H,28,29,30)/t13-,15?,33?/m1/s1. The number of ether oxygens (including phenoxy) is 1. The Hall–Kier alpha value is -2.52. The van der Waals surface area contributed by atoms with Gasteiger partial charge in [0, 0.05) is 17.0 Å². The summed E-state index contributed by atoms with van der Waals surface area (Å²) >= 11 is -0.781. The molecule has 0 bridgehead atoms. The smallest absolute Gasteiger partial charge is 0.266 e. The maximum absolute atomic E-state index is 14.7. The topological polar surface area (TPSA) is 70.1 Å². The summed E-state index contributed by atoms with van der Waals surface area (Å²) in [7, 11) is 1.61. The highest BCUT2D eigenvalue weighted by Gasteiger charge is 2.27. The number of anilines is 1. The van der Waals surface area contributed by atoms with Crippen LogP contribution < -0.4 is 10.1 Å². The van der Waals surface area contributed by atoms with Crippen LogP contribution in [-0.4, -0.2) is 33.1 Å². The van der Waals surface area contributed by atoms with Gasteiger partial charge in [-0.1, -0.05) is 29.4 Å². The Balaban J connectivity index is 1.74. The fraction of sp³-hybridized carbons (Fsp3) is 0.417. The van der Waals surface area contributed by atoms with Crippen LogP contribution in [0, 0.1) is 12.7 Å². The zero-order valence-electron chi connectivity index (χ0n) is 18.7. The lowest BCUT2D eigenvalue weighted by atomic mass is 9.91. The first-order valence-corrected chi connectivity index (χ1v) is 12.3. The summed E-state index contributed by atoms with van der Waals surface area (Å²) in [6.07, 6.45) is -1.29. The molecule has 1 N–H and O–H groups in total. The summed E-state index contributed by atoms with van der Waals surface area (Å²) in [5, 5.41) is 3.93. The van der Waals surface area contributed by atoms with Crippen molar-refractivity contribution < 1.29 is 22.5 Å². The number of methoxy groups -OCH3 is 1. The van der Waals surface area contributed by atoms with Crippen LogP contribution >= 0.6 is 0 Å². The number of hydrogen-bond donors (Lipinski definition) is 1. The zero-order valence-corrected chi connectivity index (χ0v) is 19.5. The predicted octanol–water partition coefficient (Wildman–Crippen LogP) is 5.82. The molecular formula is C24H26F3N3O2S. The van der Waals surface area contributed by atoms with Gasteiger partial charge in [0.2, 0.25) is 0 Å². The van der Waals surface area contributed by atoms with E-state index < -0.39 is 35.0 Å². The summed E-state index contributed by atoms with van der Waals surface area (Å²) in [5.41, 5.74) is 1.18. The van der Waals surface area contributed by atoms with Crippen LogP contribution in [0.1, 0.15) is 60.7 Å². The largest absolute Gasteiger partial charge is 0.616 e. The number of nitrogens with zero attached hydrogens (tertiary/aromatic N) is 2. The Morgan fingerprint density at radius 3 is 2.52 bits per heavy atom. The molecule has 0 unspecified atom stereocenters. The van der Waals surface area contributed by atoms with Crippen molar-refractivity contribution in [1.29, 1.82) is 0 Å². The van der Waals surface area contributed by atoms with Crippen LogP contribution in [0.4, 0.5) is 19.0 Å². The lowest BCUT2D eigenvalue weighted by molar-refractivity contribution is 0.146. The molecule has 1 atom stereocenters. The summed E-state index contributed by atoms with van der Waals surface area (Å²) in [4.78, 5) is 9.05. The van der Waals surface area contributed by atoms with E-state index in [1.165, 1.54) is 12.1 Å². The van der Waals surface area contributed by atoms with E-state index in [-0.39, 0.29) is 11.5 Å². The second-order valence-corrected chi connectivity index (χ2v) is 9.97. The van der Waals surface area contributed by atoms with Gasteiger partial charge in [0.25, 0.3) is 6.43 Å². The van der Waals surface area contributed by atoms with E-state index in [4.69, 9.17) is 4.74 Å². The number of alkyl halides is 2. The predicted molar refractivity (Wildman–Crippen MR) is 124 cm³/mol. The zero-order chi connectivity index (χ0) is 23.7. The van der Waals surface area contributed by atoms with Crippen LogP contribution in [0.15, 0.2) is 30.3 Å². The van der Waals surface area contributed by atoms with Crippen molar-refractivity contribution in [1.82, 2.24) is 9.97 Å². The maximum Gasteiger partial charge on any atom is 0.266 e. The third kappa shape index (κ3) is 4.89. The average Bonchev–Trinajstić information content (AvgIpc) is 2.78. The molecule has 1 fully saturated rings. The summed E-state index contributed by atoms with van der Waals surface area (Å²) in [6, 6.07) is 7.25. The van der Waals surface area contributed by atoms with Gasteiger partial charge in [0.05, 0.1) is 24.2 Å². The SMILES string of the molecule is COc1cc2nc(C)nc(N[C@H](C)c3cccc(C(F)F)c3F)c2cc1C1CC[S+]([O-])CC1. The van der Waals surface area contributed by atoms with Gasteiger partial charge in [-0.15, -0.1) is 0 Å². The van der Waals surface area contributed by atoms with Crippen molar-refractivity contribution in [2.45, 2.75) is 45.1 Å². The molecule has 0 radical (unpaired) electrons. The van der Waals surface area contributed by atoms with E-state index >= 15 is 0 Å². The minimum atomic E-state index is -2.89. The molecule has 0 spiro atoms. The molecule has 2 aromatic carbocycles. The molecule has 0 aliphatic carbocycles. The Morgan fingerprint density at radius 2 is 1.85 bits per heavy atom. The molecule has 4 rings (SSSR count). The number of hydrogen-bond acceptors (Lipinski definition) is 5. The first-order valence-electron chi connectivity index (χ1n) is 10.8. The second-order valence-electron chi connectivity index (χ2n) is 8.27. The third-order valence-electron chi connectivity index (χ3n) is 6.10. The van der Waals surface area contributed by atoms with Crippen molar-refractivity contribution in [3.8, 4) is 5.75 Å². The molecule has 2 heterocycles. The van der Waals surface area contributed by atoms with E-state index in [1.54, 1.807) is 21.0 Å². The monoisotopic (exact) mass is 477 g/mol. The molecule has 1 saturated heterocycles. The molecule has 33 heavy (non-hydrogen) atoms. The van der Waals surface area contributed by atoms with E-state index in [0.29, 0.717) is 34.4 Å². The molecule has 176 valence electrons. The summed E-state index contributed by atoms with van der Waals surface area (Å²) in [6.45, 7) is 3.46. The highest BCUT2D eigenvalue weighted by Crippen LogP contribution is 2.39. The van der Waals surface area contributed by atoms with Crippen LogP contribution in [-0.2, 0) is 11.2 Å². The van der Waals surface area contributed by atoms with Gasteiger partial charge in [-0.3, -0.25) is 0 Å². The number of halogens is 3. The van der Waals surface area contributed by atoms with E-state index in [0.717, 1.165) is 29.9 Å². The maximum atomic E-state index is 14.7. The number of nitrogens with one attached hydrogen (secondary N) is 1. The Morgan fingerprint density at radius 1 is 1.15 bits per heavy atom. The van der Waals surface area contributed by atoms with Crippen LogP contribution in [0.5, 0.6) is 5.75 Å². The molecular weight excluding hydrogens is 451 g/mol. The van der Waals surface area contributed by atoms with Gasteiger partial charge >= 0.3 is 0 Å². The van der Waals surface area contributed by atoms with Gasteiger partial charge in [0.15, 0.2) is 0 Å². The molecule has 1 aromatic heterocycles. The molecule has 9 heteroatoms. The van der Waals surface area contributed by atoms with Crippen molar-refractivity contribution in [2.75, 3.05) is 23.9 Å². The summed E-state index contributed by atoms with van der Waals surface area (Å²) < 4.78 is 58.5. The van der Waals surface area contributed by atoms with Crippen molar-refractivity contribution >= 4 is 27.9 Å². The van der Waals surface area contributed by atoms with Gasteiger partial charge in [-0.25, -0.2) is 23.1 Å². The Bertz CT molecular complexity index is 1150. The van der Waals surface area contributed by atoms with E-state index in [1.807, 2.05) is 12.1 Å². The van der Waals surface area contributed by atoms with Crippen LogP contribution in [0.25, 0.3) is 10.9 Å². The fourth-order valence-corrected chi connectivity index (χ4v) is 5.65. The fourth-order valence-electron chi connectivity index (χ4n) is 4.35. The second kappa shape index (κ2) is 9.77. The normalized spacial score (nSPS) is 19.6. The number of rotatable bonds is 6. The Kier molecular flexibility index (Phi) is 6.99. The van der Waals surface area contributed by atoms with Crippen molar-refractivity contribution in [3.63, 3.8) is 0 Å². The molecule has 0 amide bonds. The summed E-state index contributed by atoms with van der Waals surface area (Å²) in [5.74, 6) is 2.31. The van der Waals surface area contributed by atoms with Gasteiger partial charge in [-0.05, 0) is 44.2 Å². The minimum Gasteiger partial charge on any atom is -0.616 e. The van der Waals surface area contributed by atoms with Crippen molar-refractivity contribution in [2.24, 2.45) is 0 Å². The molecule has 0 saturated carbocycles. The molecule has 1 aliphatic rings. The number of aromatic nitrogens is 2. The van der Waals surface area contributed by atoms with Crippen LogP contribution in [0.3, 0.4) is 0 Å². The first-order chi connectivity index (χ1) is 15.8. The number of aryl methyl sites for hydroxylation is 1. The Labute approximate surface area is 194 Å². The first kappa shape index (κ1) is 23.6. The van der Waals surface area contributed by atoms with Crippen LogP contribution in [0.2, 0.25) is 0 Å². The number of fused-ring (bicyclic) bond motifs is 1. The lowest BCUT2D eigenvalue weighted by Gasteiger charge is -2.26. The minimum absolute atomic E-state index is 0.140. The van der Waals surface area contributed by atoms with E-state index in [9.17, 15) is 17.7 Å². The van der Waals surface area contributed by atoms with Gasteiger partial charge in [-0.2, -0.15) is 0 Å². The lowest BCUT2D eigenvalue weighted by Crippen LogP contribution is -2.22. The molecule has 3 aromatic rings. The highest BCUT2D eigenvalue weighted by molar-refractivity contribution is 7.91. The highest BCUT2D eigenvalue weighted by atomic mass is 32.2. The average molecular weight is 478 g/mol. The van der Waals surface area contributed by atoms with Crippen molar-refractivity contribution in [3.05, 3.63) is 58.7 Å². The molecule has 5 nitrogen and oxygen atoms in total. The third-order valence-corrected chi connectivity index (χ3v) is 7.48. The molecule has 1 aliphatic heterocycles. The van der Waals surface area contributed by atoms with E-state index in [2.05, 4.69) is 15.3 Å². The van der Waals surface area contributed by atoms with Gasteiger partial charge < -0.3 is 14.6 Å².